The van der Waals surface area contributed by atoms with Crippen LogP contribution in [0, 0.1) is 0 Å². The van der Waals surface area contributed by atoms with Gasteiger partial charge in [0.2, 0.25) is 5.28 Å². The number of halogens is 1. The first kappa shape index (κ1) is 19.9. The Morgan fingerprint density at radius 3 is 2.68 bits per heavy atom. The number of anilines is 1. The normalized spacial score (nSPS) is 23.9. The summed E-state index contributed by atoms with van der Waals surface area (Å²) >= 11 is 6.20. The summed E-state index contributed by atoms with van der Waals surface area (Å²) in [4.78, 5) is 11.7. The van der Waals surface area contributed by atoms with Crippen LogP contribution in [0.5, 0.6) is 0 Å². The summed E-state index contributed by atoms with van der Waals surface area (Å²) < 4.78 is 7.41. The van der Waals surface area contributed by atoms with Gasteiger partial charge < -0.3 is 19.5 Å². The minimum atomic E-state index is 0.312. The van der Waals surface area contributed by atoms with E-state index in [1.165, 1.54) is 58.0 Å². The molecule has 2 fully saturated rings. The molecule has 0 atom stereocenters. The minimum Gasteiger partial charge on any atom is -0.385 e. The van der Waals surface area contributed by atoms with Gasteiger partial charge >= 0.3 is 0 Å². The Balaban J connectivity index is 1.43. The molecule has 0 unspecified atom stereocenters. The average Bonchev–Trinajstić information content (AvgIpc) is 3.12. The smallest absolute Gasteiger partial charge is 0.225 e. The Morgan fingerprint density at radius 2 is 1.93 bits per heavy atom. The monoisotopic (exact) mass is 405 g/mol. The molecule has 0 amide bonds. The number of rotatable bonds is 7. The van der Waals surface area contributed by atoms with Crippen molar-refractivity contribution in [2.75, 3.05) is 32.1 Å². The number of aryl methyl sites for hydroxylation is 1. The molecule has 0 aromatic carbocycles. The van der Waals surface area contributed by atoms with Gasteiger partial charge in [0.05, 0.1) is 5.52 Å². The van der Waals surface area contributed by atoms with Gasteiger partial charge in [-0.05, 0) is 75.7 Å². The zero-order valence-electron chi connectivity index (χ0n) is 16.9. The van der Waals surface area contributed by atoms with Gasteiger partial charge in [-0.25, -0.2) is 4.98 Å². The fraction of sp³-hybridized carbons (Fsp3) is 0.714. The highest BCUT2D eigenvalue weighted by Crippen LogP contribution is 2.30. The molecule has 2 aliphatic rings. The molecule has 1 saturated heterocycles. The lowest BCUT2D eigenvalue weighted by Gasteiger charge is -2.39. The molecule has 28 heavy (non-hydrogen) atoms. The van der Waals surface area contributed by atoms with Crippen molar-refractivity contribution >= 4 is 28.5 Å². The molecule has 1 saturated carbocycles. The molecule has 4 rings (SSSR count). The number of likely N-dealkylation sites (tertiary alicyclic amines) is 1. The van der Waals surface area contributed by atoms with Crippen molar-refractivity contribution in [2.24, 2.45) is 0 Å². The maximum Gasteiger partial charge on any atom is 0.225 e. The Bertz CT molecular complexity index is 765. The molecule has 1 aliphatic carbocycles. The number of aromatic nitrogens is 3. The quantitative estimate of drug-likeness (QED) is 0.548. The Kier molecular flexibility index (Phi) is 6.70. The minimum absolute atomic E-state index is 0.312. The van der Waals surface area contributed by atoms with E-state index >= 15 is 0 Å². The largest absolute Gasteiger partial charge is 0.385 e. The third-order valence-electron chi connectivity index (χ3n) is 6.28. The first-order valence-corrected chi connectivity index (χ1v) is 11.1. The predicted molar refractivity (Wildman–Crippen MR) is 114 cm³/mol. The van der Waals surface area contributed by atoms with Crippen molar-refractivity contribution in [3.05, 3.63) is 17.5 Å². The van der Waals surface area contributed by atoms with Gasteiger partial charge in [-0.2, -0.15) is 4.98 Å². The summed E-state index contributed by atoms with van der Waals surface area (Å²) in [5.74, 6) is 0.874. The molecule has 0 spiro atoms. The molecule has 1 aliphatic heterocycles. The van der Waals surface area contributed by atoms with Crippen LogP contribution < -0.4 is 5.32 Å². The average molecular weight is 406 g/mol. The van der Waals surface area contributed by atoms with Crippen molar-refractivity contribution < 1.29 is 4.74 Å². The first-order valence-electron chi connectivity index (χ1n) is 10.8. The van der Waals surface area contributed by atoms with E-state index in [0.717, 1.165) is 42.5 Å². The summed E-state index contributed by atoms with van der Waals surface area (Å²) in [6.45, 7) is 4.22. The molecule has 0 radical (unpaired) electrons. The Morgan fingerprint density at radius 1 is 1.14 bits per heavy atom. The van der Waals surface area contributed by atoms with Crippen LogP contribution in [-0.4, -0.2) is 58.3 Å². The van der Waals surface area contributed by atoms with Crippen LogP contribution in [0.3, 0.4) is 0 Å². The number of nitrogens with zero attached hydrogens (tertiary/aromatic N) is 4. The van der Waals surface area contributed by atoms with Crippen molar-refractivity contribution in [3.63, 3.8) is 0 Å². The number of piperidine rings is 1. The highest BCUT2D eigenvalue weighted by atomic mass is 35.5. The number of methoxy groups -OCH3 is 1. The maximum absolute atomic E-state index is 6.20. The second-order valence-corrected chi connectivity index (χ2v) is 8.52. The van der Waals surface area contributed by atoms with Crippen molar-refractivity contribution in [3.8, 4) is 0 Å². The molecule has 7 heteroatoms. The van der Waals surface area contributed by atoms with Crippen LogP contribution in [0.2, 0.25) is 5.28 Å². The van der Waals surface area contributed by atoms with E-state index in [1.807, 2.05) is 6.07 Å². The van der Waals surface area contributed by atoms with Gasteiger partial charge in [-0.1, -0.05) is 6.42 Å². The van der Waals surface area contributed by atoms with Crippen molar-refractivity contribution in [1.82, 2.24) is 19.4 Å². The summed E-state index contributed by atoms with van der Waals surface area (Å²) in [6, 6.07) is 3.25. The van der Waals surface area contributed by atoms with Crippen molar-refractivity contribution in [1.29, 1.82) is 0 Å². The number of nitrogens with one attached hydrogen (secondary N) is 1. The third-order valence-corrected chi connectivity index (χ3v) is 6.44. The number of hydrogen-bond donors (Lipinski definition) is 1. The van der Waals surface area contributed by atoms with E-state index in [4.69, 9.17) is 16.3 Å². The molecule has 6 nitrogen and oxygen atoms in total. The van der Waals surface area contributed by atoms with E-state index in [-0.39, 0.29) is 0 Å². The van der Waals surface area contributed by atoms with Gasteiger partial charge in [0.25, 0.3) is 0 Å². The fourth-order valence-electron chi connectivity index (χ4n) is 4.81. The maximum atomic E-state index is 6.20. The van der Waals surface area contributed by atoms with E-state index in [9.17, 15) is 0 Å². The highest BCUT2D eigenvalue weighted by molar-refractivity contribution is 6.28. The lowest BCUT2D eigenvalue weighted by molar-refractivity contribution is 0.127. The van der Waals surface area contributed by atoms with E-state index in [0.29, 0.717) is 11.3 Å². The molecule has 2 aromatic rings. The highest BCUT2D eigenvalue weighted by Gasteiger charge is 2.27. The SMILES string of the molecule is COCCCn1ccc2nc(Cl)nc(N[C@H]3CC[C@H](N4CCCCC4)CC3)c21. The van der Waals surface area contributed by atoms with Crippen LogP contribution in [0.4, 0.5) is 5.82 Å². The molecule has 1 N–H and O–H groups in total. The van der Waals surface area contributed by atoms with Crippen LogP contribution in [0.25, 0.3) is 11.0 Å². The number of hydrogen-bond acceptors (Lipinski definition) is 5. The molecular weight excluding hydrogens is 374 g/mol. The van der Waals surface area contributed by atoms with Crippen LogP contribution in [-0.2, 0) is 11.3 Å². The van der Waals surface area contributed by atoms with Crippen LogP contribution >= 0.6 is 11.6 Å². The van der Waals surface area contributed by atoms with E-state index in [1.54, 1.807) is 7.11 Å². The van der Waals surface area contributed by atoms with E-state index in [2.05, 4.69) is 30.9 Å². The third kappa shape index (κ3) is 4.61. The predicted octanol–water partition coefficient (Wildman–Crippen LogP) is 4.33. The molecular formula is C21H32ClN5O. The molecule has 3 heterocycles. The fourth-order valence-corrected chi connectivity index (χ4v) is 4.98. The second kappa shape index (κ2) is 9.42. The summed E-state index contributed by atoms with van der Waals surface area (Å²) in [5.41, 5.74) is 1.96. The number of ether oxygens (including phenoxy) is 1. The van der Waals surface area contributed by atoms with Gasteiger partial charge in [0.15, 0.2) is 5.82 Å². The van der Waals surface area contributed by atoms with Crippen LogP contribution in [0.1, 0.15) is 51.4 Å². The lowest BCUT2D eigenvalue weighted by Crippen LogP contribution is -2.43. The summed E-state index contributed by atoms with van der Waals surface area (Å²) in [7, 11) is 1.74. The van der Waals surface area contributed by atoms with Gasteiger partial charge in [-0.3, -0.25) is 0 Å². The Labute approximate surface area is 172 Å². The zero-order valence-corrected chi connectivity index (χ0v) is 17.6. The van der Waals surface area contributed by atoms with E-state index < -0.39 is 0 Å². The summed E-state index contributed by atoms with van der Waals surface area (Å²) in [6.07, 6.45) is 12.1. The number of fused-ring (bicyclic) bond motifs is 1. The van der Waals surface area contributed by atoms with Gasteiger partial charge in [0.1, 0.15) is 5.52 Å². The van der Waals surface area contributed by atoms with Crippen LogP contribution in [0.15, 0.2) is 12.3 Å². The molecule has 2 aromatic heterocycles. The second-order valence-electron chi connectivity index (χ2n) is 8.18. The standard InChI is InChI=1S/C21H32ClN5O/c1-28-15-5-13-27-14-10-18-19(27)20(25-21(22)24-18)23-16-6-8-17(9-7-16)26-11-3-2-4-12-26/h10,14,16-17H,2-9,11-13,15H2,1H3,(H,23,24,25)/t16-,17-. The van der Waals surface area contributed by atoms with Crippen molar-refractivity contribution in [2.45, 2.75) is 70.0 Å². The molecule has 154 valence electrons. The van der Waals surface area contributed by atoms with Gasteiger partial charge in [-0.15, -0.1) is 0 Å². The first-order chi connectivity index (χ1) is 13.7. The Hall–Kier alpha value is -1.37. The topological polar surface area (TPSA) is 55.2 Å². The lowest BCUT2D eigenvalue weighted by atomic mass is 9.89. The molecule has 0 bridgehead atoms. The summed E-state index contributed by atoms with van der Waals surface area (Å²) in [5, 5.41) is 4.01. The van der Waals surface area contributed by atoms with Gasteiger partial charge in [0, 0.05) is 38.5 Å². The zero-order chi connectivity index (χ0) is 19.3.